The largest absolute Gasteiger partial charge is 0.317 e. The standard InChI is InChI=1S/C16H29N3/c1-4-17-12-7-6-8-13-19(5-2)14-16-11-9-10-15(3)18-16/h9-11,17H,4-8,12-14H2,1-3H3. The van der Waals surface area contributed by atoms with Crippen LogP contribution in [-0.2, 0) is 6.54 Å². The molecule has 0 unspecified atom stereocenters. The van der Waals surface area contributed by atoms with Crippen LogP contribution in [0.25, 0.3) is 0 Å². The Bertz CT molecular complexity index is 339. The summed E-state index contributed by atoms with van der Waals surface area (Å²) in [6.45, 7) is 11.9. The van der Waals surface area contributed by atoms with E-state index < -0.39 is 0 Å². The van der Waals surface area contributed by atoms with E-state index in [1.54, 1.807) is 0 Å². The molecule has 0 saturated carbocycles. The van der Waals surface area contributed by atoms with Crippen molar-refractivity contribution in [3.05, 3.63) is 29.6 Å². The fraction of sp³-hybridized carbons (Fsp3) is 0.688. The second-order valence-electron chi connectivity index (χ2n) is 5.05. The number of hydrogen-bond acceptors (Lipinski definition) is 3. The molecule has 3 heteroatoms. The summed E-state index contributed by atoms with van der Waals surface area (Å²) in [6.07, 6.45) is 3.88. The fourth-order valence-corrected chi connectivity index (χ4v) is 2.20. The van der Waals surface area contributed by atoms with Gasteiger partial charge in [-0.15, -0.1) is 0 Å². The van der Waals surface area contributed by atoms with Crippen molar-refractivity contribution in [2.24, 2.45) is 0 Å². The quantitative estimate of drug-likeness (QED) is 0.658. The van der Waals surface area contributed by atoms with Crippen molar-refractivity contribution >= 4 is 0 Å². The van der Waals surface area contributed by atoms with E-state index in [4.69, 9.17) is 0 Å². The third-order valence-electron chi connectivity index (χ3n) is 3.36. The summed E-state index contributed by atoms with van der Waals surface area (Å²) < 4.78 is 0. The molecule has 0 aliphatic heterocycles. The Balaban J connectivity index is 2.22. The van der Waals surface area contributed by atoms with Gasteiger partial charge in [0.15, 0.2) is 0 Å². The highest BCUT2D eigenvalue weighted by molar-refractivity contribution is 5.09. The van der Waals surface area contributed by atoms with Gasteiger partial charge < -0.3 is 5.32 Å². The van der Waals surface area contributed by atoms with E-state index in [0.717, 1.165) is 31.9 Å². The number of unbranched alkanes of at least 4 members (excludes halogenated alkanes) is 2. The molecule has 19 heavy (non-hydrogen) atoms. The van der Waals surface area contributed by atoms with Crippen molar-refractivity contribution in [3.63, 3.8) is 0 Å². The second-order valence-corrected chi connectivity index (χ2v) is 5.05. The minimum Gasteiger partial charge on any atom is -0.317 e. The predicted molar refractivity (Wildman–Crippen MR) is 82.3 cm³/mol. The van der Waals surface area contributed by atoms with Crippen LogP contribution in [0.1, 0.15) is 44.5 Å². The van der Waals surface area contributed by atoms with Gasteiger partial charge in [-0.1, -0.05) is 26.3 Å². The van der Waals surface area contributed by atoms with Crippen molar-refractivity contribution in [1.82, 2.24) is 15.2 Å². The molecular formula is C16H29N3. The lowest BCUT2D eigenvalue weighted by atomic mass is 10.2. The molecule has 1 heterocycles. The summed E-state index contributed by atoms with van der Waals surface area (Å²) in [4.78, 5) is 7.06. The molecule has 108 valence electrons. The minimum absolute atomic E-state index is 0.978. The summed E-state index contributed by atoms with van der Waals surface area (Å²) in [5.74, 6) is 0. The Hall–Kier alpha value is -0.930. The molecule has 0 amide bonds. The third-order valence-corrected chi connectivity index (χ3v) is 3.36. The number of pyridine rings is 1. The number of nitrogens with zero attached hydrogens (tertiary/aromatic N) is 2. The lowest BCUT2D eigenvalue weighted by molar-refractivity contribution is 0.269. The molecule has 1 N–H and O–H groups in total. The molecule has 0 aliphatic rings. The van der Waals surface area contributed by atoms with Crippen LogP contribution in [0.4, 0.5) is 0 Å². The molecule has 0 radical (unpaired) electrons. The molecule has 3 nitrogen and oxygen atoms in total. The third kappa shape index (κ3) is 7.28. The van der Waals surface area contributed by atoms with Crippen LogP contribution in [0.2, 0.25) is 0 Å². The number of aromatic nitrogens is 1. The first-order chi connectivity index (χ1) is 9.26. The smallest absolute Gasteiger partial charge is 0.0547 e. The van der Waals surface area contributed by atoms with Gasteiger partial charge in [-0.2, -0.15) is 0 Å². The molecule has 0 spiro atoms. The highest BCUT2D eigenvalue weighted by atomic mass is 15.1. The predicted octanol–water partition coefficient (Wildman–Crippen LogP) is 2.99. The van der Waals surface area contributed by atoms with Gasteiger partial charge in [0.25, 0.3) is 0 Å². The molecule has 0 atom stereocenters. The molecule has 1 aromatic rings. The Morgan fingerprint density at radius 3 is 2.68 bits per heavy atom. The average Bonchev–Trinajstić information content (AvgIpc) is 2.41. The zero-order chi connectivity index (χ0) is 13.9. The van der Waals surface area contributed by atoms with Crippen LogP contribution >= 0.6 is 0 Å². The fourth-order valence-electron chi connectivity index (χ4n) is 2.20. The van der Waals surface area contributed by atoms with E-state index in [0.29, 0.717) is 0 Å². The van der Waals surface area contributed by atoms with Gasteiger partial charge in [-0.25, -0.2) is 0 Å². The van der Waals surface area contributed by atoms with Crippen LogP contribution < -0.4 is 5.32 Å². The zero-order valence-electron chi connectivity index (χ0n) is 12.8. The van der Waals surface area contributed by atoms with E-state index in [-0.39, 0.29) is 0 Å². The van der Waals surface area contributed by atoms with Gasteiger partial charge in [0, 0.05) is 12.2 Å². The molecule has 0 bridgehead atoms. The molecule has 0 aromatic carbocycles. The molecule has 0 saturated heterocycles. The lowest BCUT2D eigenvalue weighted by Gasteiger charge is -2.20. The highest BCUT2D eigenvalue weighted by Crippen LogP contribution is 2.05. The topological polar surface area (TPSA) is 28.2 Å². The van der Waals surface area contributed by atoms with Gasteiger partial charge >= 0.3 is 0 Å². The van der Waals surface area contributed by atoms with Crippen molar-refractivity contribution in [3.8, 4) is 0 Å². The molecule has 1 rings (SSSR count). The maximum absolute atomic E-state index is 4.58. The van der Waals surface area contributed by atoms with Crippen molar-refractivity contribution < 1.29 is 0 Å². The summed E-state index contributed by atoms with van der Waals surface area (Å²) >= 11 is 0. The number of nitrogens with one attached hydrogen (secondary N) is 1. The van der Waals surface area contributed by atoms with Gasteiger partial charge in [0.1, 0.15) is 0 Å². The van der Waals surface area contributed by atoms with Crippen LogP contribution in [0, 0.1) is 6.92 Å². The summed E-state index contributed by atoms with van der Waals surface area (Å²) in [6, 6.07) is 6.28. The maximum atomic E-state index is 4.58. The van der Waals surface area contributed by atoms with Gasteiger partial charge in [0.05, 0.1) is 5.69 Å². The number of hydrogen-bond donors (Lipinski definition) is 1. The Labute approximate surface area is 118 Å². The molecular weight excluding hydrogens is 234 g/mol. The van der Waals surface area contributed by atoms with Gasteiger partial charge in [-0.05, 0) is 58.1 Å². The monoisotopic (exact) mass is 263 g/mol. The molecule has 1 aromatic heterocycles. The van der Waals surface area contributed by atoms with Crippen molar-refractivity contribution in [2.75, 3.05) is 26.2 Å². The first-order valence-corrected chi connectivity index (χ1v) is 7.61. The van der Waals surface area contributed by atoms with E-state index in [1.807, 2.05) is 0 Å². The Morgan fingerprint density at radius 1 is 1.16 bits per heavy atom. The van der Waals surface area contributed by atoms with Gasteiger partial charge in [-0.3, -0.25) is 9.88 Å². The minimum atomic E-state index is 0.978. The van der Waals surface area contributed by atoms with E-state index in [1.165, 1.54) is 31.5 Å². The SMILES string of the molecule is CCNCCCCCN(CC)Cc1cccc(C)n1. The van der Waals surface area contributed by atoms with E-state index in [2.05, 4.69) is 54.2 Å². The van der Waals surface area contributed by atoms with Crippen LogP contribution in [-0.4, -0.2) is 36.1 Å². The Morgan fingerprint density at radius 2 is 2.00 bits per heavy atom. The Kier molecular flexibility index (Phi) is 8.43. The molecule has 0 aliphatic carbocycles. The van der Waals surface area contributed by atoms with Crippen LogP contribution in [0.5, 0.6) is 0 Å². The lowest BCUT2D eigenvalue weighted by Crippen LogP contribution is -2.25. The first-order valence-electron chi connectivity index (χ1n) is 7.61. The highest BCUT2D eigenvalue weighted by Gasteiger charge is 2.04. The summed E-state index contributed by atoms with van der Waals surface area (Å²) in [7, 11) is 0. The van der Waals surface area contributed by atoms with E-state index in [9.17, 15) is 0 Å². The zero-order valence-corrected chi connectivity index (χ0v) is 12.8. The normalized spacial score (nSPS) is 11.2. The van der Waals surface area contributed by atoms with Crippen molar-refractivity contribution in [2.45, 2.75) is 46.6 Å². The molecule has 0 fully saturated rings. The van der Waals surface area contributed by atoms with Crippen LogP contribution in [0.3, 0.4) is 0 Å². The summed E-state index contributed by atoms with van der Waals surface area (Å²) in [5, 5.41) is 3.37. The van der Waals surface area contributed by atoms with Crippen molar-refractivity contribution in [1.29, 1.82) is 0 Å². The number of rotatable bonds is 10. The van der Waals surface area contributed by atoms with Gasteiger partial charge in [0.2, 0.25) is 0 Å². The van der Waals surface area contributed by atoms with E-state index >= 15 is 0 Å². The average molecular weight is 263 g/mol. The second kappa shape index (κ2) is 9.93. The maximum Gasteiger partial charge on any atom is 0.0547 e. The summed E-state index contributed by atoms with van der Waals surface area (Å²) in [5.41, 5.74) is 2.30. The number of aryl methyl sites for hydroxylation is 1. The van der Waals surface area contributed by atoms with Crippen LogP contribution in [0.15, 0.2) is 18.2 Å². The first kappa shape index (κ1) is 16.1.